The number of piperidine rings is 2. The van der Waals surface area contributed by atoms with E-state index in [1.54, 1.807) is 0 Å². The van der Waals surface area contributed by atoms with Gasteiger partial charge in [-0.1, -0.05) is 13.8 Å². The van der Waals surface area contributed by atoms with Crippen LogP contribution in [0, 0.1) is 11.8 Å². The molecule has 2 saturated heterocycles. The molecule has 18 heavy (non-hydrogen) atoms. The van der Waals surface area contributed by atoms with Crippen LogP contribution in [0.5, 0.6) is 0 Å². The lowest BCUT2D eigenvalue weighted by molar-refractivity contribution is -0.130. The van der Waals surface area contributed by atoms with Crippen molar-refractivity contribution in [1.82, 2.24) is 10.2 Å². The van der Waals surface area contributed by atoms with Gasteiger partial charge in [0, 0.05) is 18.3 Å². The monoisotopic (exact) mass is 270 g/mol. The van der Waals surface area contributed by atoms with E-state index in [9.17, 15) is 4.79 Å². The Morgan fingerprint density at radius 3 is 2.61 bits per heavy atom. The summed E-state index contributed by atoms with van der Waals surface area (Å²) in [5, 5.41) is 4.06. The van der Waals surface area contributed by atoms with E-state index in [1.165, 1.54) is 19.3 Å². The van der Waals surface area contributed by atoms with Crippen LogP contribution in [-0.2, 0) is 4.79 Å². The summed E-state index contributed by atoms with van der Waals surface area (Å²) in [6.45, 7) is 8.73. The molecule has 1 amide bonds. The number of carbonyl (C=O) groups excluding carboxylic acids is 1. The maximum absolute atomic E-state index is 12.2. The lowest BCUT2D eigenvalue weighted by Gasteiger charge is -2.35. The zero-order valence-electron chi connectivity index (χ0n) is 11.7. The van der Waals surface area contributed by atoms with Crippen LogP contribution in [-0.4, -0.2) is 48.0 Å². The minimum Gasteiger partial charge on any atom is -0.342 e. The molecule has 0 aromatic rings. The summed E-state index contributed by atoms with van der Waals surface area (Å²) in [6, 6.07) is 0. The zero-order chi connectivity index (χ0) is 13.0. The SMILES string of the molecule is CC1CCN(C(=O)CSC2CCNCC2)CC1C. The Kier molecular flexibility index (Phi) is 5.37. The fourth-order valence-corrected chi connectivity index (χ4v) is 3.86. The summed E-state index contributed by atoms with van der Waals surface area (Å²) in [6.07, 6.45) is 3.60. The number of hydrogen-bond acceptors (Lipinski definition) is 3. The van der Waals surface area contributed by atoms with Crippen LogP contribution in [0.1, 0.15) is 33.1 Å². The number of amides is 1. The Morgan fingerprint density at radius 1 is 1.22 bits per heavy atom. The van der Waals surface area contributed by atoms with Gasteiger partial charge in [-0.15, -0.1) is 11.8 Å². The fourth-order valence-electron chi connectivity index (χ4n) is 2.73. The van der Waals surface area contributed by atoms with Crippen molar-refractivity contribution in [2.75, 3.05) is 31.9 Å². The van der Waals surface area contributed by atoms with Gasteiger partial charge < -0.3 is 10.2 Å². The molecular formula is C14H26N2OS. The molecule has 2 aliphatic rings. The van der Waals surface area contributed by atoms with E-state index in [-0.39, 0.29) is 0 Å². The van der Waals surface area contributed by atoms with Crippen molar-refractivity contribution in [3.05, 3.63) is 0 Å². The fraction of sp³-hybridized carbons (Fsp3) is 0.929. The summed E-state index contributed by atoms with van der Waals surface area (Å²) >= 11 is 1.87. The van der Waals surface area contributed by atoms with Gasteiger partial charge >= 0.3 is 0 Å². The average Bonchev–Trinajstić information content (AvgIpc) is 2.40. The van der Waals surface area contributed by atoms with E-state index in [0.717, 1.165) is 32.1 Å². The number of nitrogens with zero attached hydrogens (tertiary/aromatic N) is 1. The molecular weight excluding hydrogens is 244 g/mol. The molecule has 1 N–H and O–H groups in total. The van der Waals surface area contributed by atoms with Gasteiger partial charge in [-0.3, -0.25) is 4.79 Å². The summed E-state index contributed by atoms with van der Waals surface area (Å²) in [4.78, 5) is 14.3. The number of carbonyl (C=O) groups is 1. The van der Waals surface area contributed by atoms with Crippen molar-refractivity contribution in [2.24, 2.45) is 11.8 Å². The van der Waals surface area contributed by atoms with E-state index < -0.39 is 0 Å². The standard InChI is InChI=1S/C14H26N2OS/c1-11-5-8-16(9-12(11)2)14(17)10-18-13-3-6-15-7-4-13/h11-13,15H,3-10H2,1-2H3. The van der Waals surface area contributed by atoms with Crippen LogP contribution >= 0.6 is 11.8 Å². The van der Waals surface area contributed by atoms with Crippen LogP contribution in [0.15, 0.2) is 0 Å². The van der Waals surface area contributed by atoms with E-state index in [0.29, 0.717) is 22.8 Å². The highest BCUT2D eigenvalue weighted by atomic mass is 32.2. The Morgan fingerprint density at radius 2 is 1.94 bits per heavy atom. The first-order chi connectivity index (χ1) is 8.66. The minimum absolute atomic E-state index is 0.359. The van der Waals surface area contributed by atoms with Gasteiger partial charge in [-0.2, -0.15) is 0 Å². The largest absolute Gasteiger partial charge is 0.342 e. The third-order valence-electron chi connectivity index (χ3n) is 4.42. The molecule has 0 aromatic heterocycles. The van der Waals surface area contributed by atoms with Crippen molar-refractivity contribution in [3.8, 4) is 0 Å². The predicted molar refractivity (Wildman–Crippen MR) is 77.9 cm³/mol. The highest BCUT2D eigenvalue weighted by molar-refractivity contribution is 8.00. The Balaban J connectivity index is 1.70. The molecule has 0 spiro atoms. The van der Waals surface area contributed by atoms with Gasteiger partial charge in [-0.05, 0) is 44.2 Å². The van der Waals surface area contributed by atoms with Crippen molar-refractivity contribution in [3.63, 3.8) is 0 Å². The van der Waals surface area contributed by atoms with E-state index >= 15 is 0 Å². The van der Waals surface area contributed by atoms with Crippen molar-refractivity contribution >= 4 is 17.7 Å². The highest BCUT2D eigenvalue weighted by Gasteiger charge is 2.26. The van der Waals surface area contributed by atoms with Crippen LogP contribution in [0.4, 0.5) is 0 Å². The third-order valence-corrected chi connectivity index (χ3v) is 5.77. The van der Waals surface area contributed by atoms with Gasteiger partial charge in [0.15, 0.2) is 0 Å². The topological polar surface area (TPSA) is 32.3 Å². The maximum atomic E-state index is 12.2. The summed E-state index contributed by atoms with van der Waals surface area (Å²) in [5.41, 5.74) is 0. The molecule has 2 fully saturated rings. The molecule has 104 valence electrons. The summed E-state index contributed by atoms with van der Waals surface area (Å²) < 4.78 is 0. The normalized spacial score (nSPS) is 30.4. The molecule has 0 aromatic carbocycles. The molecule has 0 bridgehead atoms. The van der Waals surface area contributed by atoms with E-state index in [1.807, 2.05) is 11.8 Å². The van der Waals surface area contributed by atoms with Gasteiger partial charge in [0.1, 0.15) is 0 Å². The minimum atomic E-state index is 0.359. The number of hydrogen-bond donors (Lipinski definition) is 1. The molecule has 2 unspecified atom stereocenters. The Bertz CT molecular complexity index is 279. The van der Waals surface area contributed by atoms with Crippen molar-refractivity contribution in [2.45, 2.75) is 38.4 Å². The van der Waals surface area contributed by atoms with E-state index in [4.69, 9.17) is 0 Å². The van der Waals surface area contributed by atoms with Gasteiger partial charge in [-0.25, -0.2) is 0 Å². The van der Waals surface area contributed by atoms with Crippen molar-refractivity contribution < 1.29 is 4.79 Å². The van der Waals surface area contributed by atoms with E-state index in [2.05, 4.69) is 24.1 Å². The molecule has 3 nitrogen and oxygen atoms in total. The number of rotatable bonds is 3. The highest BCUT2D eigenvalue weighted by Crippen LogP contribution is 2.24. The molecule has 2 atom stereocenters. The van der Waals surface area contributed by atoms with Gasteiger partial charge in [0.05, 0.1) is 5.75 Å². The van der Waals surface area contributed by atoms with Crippen molar-refractivity contribution in [1.29, 1.82) is 0 Å². The Hall–Kier alpha value is -0.220. The number of nitrogens with one attached hydrogen (secondary N) is 1. The molecule has 2 rings (SSSR count). The average molecular weight is 270 g/mol. The van der Waals surface area contributed by atoms with Crippen LogP contribution < -0.4 is 5.32 Å². The molecule has 4 heteroatoms. The predicted octanol–water partition coefficient (Wildman–Crippen LogP) is 1.98. The third kappa shape index (κ3) is 3.89. The number of likely N-dealkylation sites (tertiary alicyclic amines) is 1. The quantitative estimate of drug-likeness (QED) is 0.851. The van der Waals surface area contributed by atoms with Crippen LogP contribution in [0.25, 0.3) is 0 Å². The zero-order valence-corrected chi connectivity index (χ0v) is 12.5. The molecule has 0 aliphatic carbocycles. The second-order valence-corrected chi connectivity index (χ2v) is 7.13. The number of thioether (sulfide) groups is 1. The lowest BCUT2D eigenvalue weighted by Crippen LogP contribution is -2.43. The molecule has 2 aliphatic heterocycles. The second-order valence-electron chi connectivity index (χ2n) is 5.84. The molecule has 2 heterocycles. The summed E-state index contributed by atoms with van der Waals surface area (Å²) in [7, 11) is 0. The Labute approximate surface area is 115 Å². The molecule has 0 radical (unpaired) electrons. The first kappa shape index (κ1) is 14.2. The second kappa shape index (κ2) is 6.80. The molecule has 0 saturated carbocycles. The van der Waals surface area contributed by atoms with Crippen LogP contribution in [0.2, 0.25) is 0 Å². The first-order valence-electron chi connectivity index (χ1n) is 7.27. The lowest BCUT2D eigenvalue weighted by atomic mass is 9.89. The first-order valence-corrected chi connectivity index (χ1v) is 8.32. The van der Waals surface area contributed by atoms with Gasteiger partial charge in [0.2, 0.25) is 5.91 Å². The summed E-state index contributed by atoms with van der Waals surface area (Å²) in [5.74, 6) is 2.47. The maximum Gasteiger partial charge on any atom is 0.232 e. The van der Waals surface area contributed by atoms with Gasteiger partial charge in [0.25, 0.3) is 0 Å². The smallest absolute Gasteiger partial charge is 0.232 e. The van der Waals surface area contributed by atoms with Crippen LogP contribution in [0.3, 0.4) is 0 Å².